The van der Waals surface area contributed by atoms with Crippen LogP contribution in [0.15, 0.2) is 35.5 Å². The molecule has 1 fully saturated rings. The Morgan fingerprint density at radius 3 is 2.77 bits per heavy atom. The van der Waals surface area contributed by atoms with Crippen molar-refractivity contribution in [2.75, 3.05) is 38.3 Å². The second-order valence-electron chi connectivity index (χ2n) is 10.6. The van der Waals surface area contributed by atoms with Gasteiger partial charge in [0.25, 0.3) is 0 Å². The number of fused-ring (bicyclic) bond motifs is 1. The summed E-state index contributed by atoms with van der Waals surface area (Å²) in [7, 11) is 3.46. The largest absolute Gasteiger partial charge is 0.439 e. The van der Waals surface area contributed by atoms with Crippen LogP contribution in [0, 0.1) is 0 Å². The Bertz CT molecular complexity index is 1290. The standard InChI is InChI=1S/C27H35F2N7O3/c1-30-27(37)34-9-5-22-21(16-34)25(32-36(22)19-6-10-38-11-7-19)35-8-3-4-17-12-20(18-14-31-33(2)15-18)24(13-23(17)35)39-26(28)29/h13-15,19-20,26H,3-12,16H2,1-2H3,(H,30,37). The van der Waals surface area contributed by atoms with E-state index in [1.54, 1.807) is 24.0 Å². The smallest absolute Gasteiger partial charge is 0.387 e. The lowest BCUT2D eigenvalue weighted by molar-refractivity contribution is -0.101. The van der Waals surface area contributed by atoms with Crippen LogP contribution in [0.1, 0.15) is 60.9 Å². The first-order valence-corrected chi connectivity index (χ1v) is 13.7. The number of hydrogen-bond donors (Lipinski definition) is 1. The van der Waals surface area contributed by atoms with E-state index in [0.29, 0.717) is 45.7 Å². The van der Waals surface area contributed by atoms with Crippen molar-refractivity contribution in [3.63, 3.8) is 0 Å². The van der Waals surface area contributed by atoms with Crippen molar-refractivity contribution in [3.05, 3.63) is 52.3 Å². The zero-order chi connectivity index (χ0) is 27.1. The summed E-state index contributed by atoms with van der Waals surface area (Å²) in [6, 6.07) is 0.120. The van der Waals surface area contributed by atoms with E-state index in [9.17, 15) is 13.6 Å². The van der Waals surface area contributed by atoms with Crippen LogP contribution in [-0.2, 0) is 29.5 Å². The monoisotopic (exact) mass is 543 g/mol. The Balaban J connectivity index is 1.41. The van der Waals surface area contributed by atoms with Crippen LogP contribution in [0.5, 0.6) is 0 Å². The Labute approximate surface area is 226 Å². The molecule has 1 saturated heterocycles. The fraction of sp³-hybridized carbons (Fsp3) is 0.593. The van der Waals surface area contributed by atoms with E-state index in [1.165, 1.54) is 5.57 Å². The summed E-state index contributed by atoms with van der Waals surface area (Å²) < 4.78 is 41.7. The number of halogens is 2. The van der Waals surface area contributed by atoms with Crippen LogP contribution < -0.4 is 10.2 Å². The van der Waals surface area contributed by atoms with E-state index in [0.717, 1.165) is 54.0 Å². The minimum Gasteiger partial charge on any atom is -0.439 e. The summed E-state index contributed by atoms with van der Waals surface area (Å²) in [5.41, 5.74) is 5.13. The van der Waals surface area contributed by atoms with Gasteiger partial charge in [-0.2, -0.15) is 19.0 Å². The maximum Gasteiger partial charge on any atom is 0.387 e. The number of carbonyl (C=O) groups excluding carboxylic acids is 1. The molecule has 3 aliphatic heterocycles. The molecule has 2 amide bonds. The normalized spacial score (nSPS) is 22.1. The number of nitrogens with zero attached hydrogens (tertiary/aromatic N) is 6. The van der Waals surface area contributed by atoms with Crippen molar-refractivity contribution in [2.24, 2.45) is 7.05 Å². The third-order valence-electron chi connectivity index (χ3n) is 8.30. The molecule has 0 aromatic carbocycles. The lowest BCUT2D eigenvalue weighted by atomic mass is 9.83. The number of rotatable bonds is 5. The molecular weight excluding hydrogens is 508 g/mol. The van der Waals surface area contributed by atoms with Crippen molar-refractivity contribution in [3.8, 4) is 0 Å². The zero-order valence-corrected chi connectivity index (χ0v) is 22.4. The molecule has 1 N–H and O–H groups in total. The maximum atomic E-state index is 13.6. The lowest BCUT2D eigenvalue weighted by Crippen LogP contribution is -2.42. The Kier molecular flexibility index (Phi) is 7.05. The van der Waals surface area contributed by atoms with Crippen molar-refractivity contribution in [1.29, 1.82) is 0 Å². The summed E-state index contributed by atoms with van der Waals surface area (Å²) in [6.45, 7) is 0.265. The van der Waals surface area contributed by atoms with E-state index in [4.69, 9.17) is 14.6 Å². The first-order valence-electron chi connectivity index (χ1n) is 13.7. The molecule has 39 heavy (non-hydrogen) atoms. The van der Waals surface area contributed by atoms with Gasteiger partial charge in [0.1, 0.15) is 5.76 Å². The maximum absolute atomic E-state index is 13.6. The summed E-state index contributed by atoms with van der Waals surface area (Å²) in [6.07, 6.45) is 10.2. The van der Waals surface area contributed by atoms with Gasteiger partial charge in [0.05, 0.1) is 18.8 Å². The quantitative estimate of drug-likeness (QED) is 0.617. The molecule has 12 heteroatoms. The highest BCUT2D eigenvalue weighted by Crippen LogP contribution is 2.44. The number of ether oxygens (including phenoxy) is 2. The van der Waals surface area contributed by atoms with Crippen LogP contribution in [-0.4, -0.2) is 70.5 Å². The van der Waals surface area contributed by atoms with Gasteiger partial charge in [-0.05, 0) is 37.7 Å². The van der Waals surface area contributed by atoms with Crippen molar-refractivity contribution in [1.82, 2.24) is 29.8 Å². The highest BCUT2D eigenvalue weighted by Gasteiger charge is 2.37. The van der Waals surface area contributed by atoms with Crippen LogP contribution in [0.2, 0.25) is 0 Å². The molecule has 1 unspecified atom stereocenters. The molecule has 0 radical (unpaired) electrons. The van der Waals surface area contributed by atoms with Crippen molar-refractivity contribution >= 4 is 11.8 Å². The molecule has 1 atom stereocenters. The summed E-state index contributed by atoms with van der Waals surface area (Å²) in [5.74, 6) is 0.738. The van der Waals surface area contributed by atoms with Gasteiger partial charge < -0.3 is 24.6 Å². The van der Waals surface area contributed by atoms with E-state index < -0.39 is 6.61 Å². The van der Waals surface area contributed by atoms with Gasteiger partial charge in [0.2, 0.25) is 0 Å². The van der Waals surface area contributed by atoms with Crippen molar-refractivity contribution in [2.45, 2.75) is 63.6 Å². The van der Waals surface area contributed by atoms with Gasteiger partial charge in [-0.15, -0.1) is 0 Å². The Morgan fingerprint density at radius 2 is 2.05 bits per heavy atom. The summed E-state index contributed by atoms with van der Waals surface area (Å²) in [4.78, 5) is 16.5. The molecule has 5 heterocycles. The fourth-order valence-electron chi connectivity index (χ4n) is 6.41. The number of anilines is 1. The molecule has 0 saturated carbocycles. The number of alkyl halides is 2. The zero-order valence-electron chi connectivity index (χ0n) is 22.4. The number of urea groups is 1. The van der Waals surface area contributed by atoms with Gasteiger partial charge in [0, 0.05) is 87.5 Å². The lowest BCUT2D eigenvalue weighted by Gasteiger charge is -2.37. The SMILES string of the molecule is CNC(=O)N1CCc2c(c(N3CCCC4=C3C=C(OC(F)F)C(c3cnn(C)c3)C4)nn2C2CCOCC2)C1. The van der Waals surface area contributed by atoms with Gasteiger partial charge in [0.15, 0.2) is 5.82 Å². The molecule has 10 nitrogen and oxygen atoms in total. The average molecular weight is 544 g/mol. The molecule has 2 aromatic rings. The van der Waals surface area contributed by atoms with E-state index in [2.05, 4.69) is 20.0 Å². The van der Waals surface area contributed by atoms with Gasteiger partial charge in [-0.25, -0.2) is 4.79 Å². The van der Waals surface area contributed by atoms with E-state index in [1.807, 2.05) is 18.1 Å². The first-order chi connectivity index (χ1) is 18.9. The number of nitrogens with one attached hydrogen (secondary N) is 1. The van der Waals surface area contributed by atoms with Crippen LogP contribution in [0.25, 0.3) is 0 Å². The van der Waals surface area contributed by atoms with Crippen LogP contribution in [0.3, 0.4) is 0 Å². The molecule has 2 aromatic heterocycles. The van der Waals surface area contributed by atoms with E-state index >= 15 is 0 Å². The fourth-order valence-corrected chi connectivity index (χ4v) is 6.41. The summed E-state index contributed by atoms with van der Waals surface area (Å²) >= 11 is 0. The van der Waals surface area contributed by atoms with Crippen molar-refractivity contribution < 1.29 is 23.0 Å². The van der Waals surface area contributed by atoms with E-state index in [-0.39, 0.29) is 23.8 Å². The van der Waals surface area contributed by atoms with Gasteiger partial charge >= 0.3 is 12.6 Å². The number of amides is 2. The third kappa shape index (κ3) is 4.90. The molecule has 0 spiro atoms. The Hall–Kier alpha value is -3.41. The minimum atomic E-state index is -2.92. The number of hydrogen-bond acceptors (Lipinski definition) is 6. The number of allylic oxidation sites excluding steroid dienone is 3. The predicted octanol–water partition coefficient (Wildman–Crippen LogP) is 3.83. The molecule has 0 bridgehead atoms. The topological polar surface area (TPSA) is 89.7 Å². The molecule has 4 aliphatic rings. The summed E-state index contributed by atoms with van der Waals surface area (Å²) in [5, 5.41) is 12.2. The highest BCUT2D eigenvalue weighted by atomic mass is 19.3. The van der Waals surface area contributed by atoms with Crippen LogP contribution in [0.4, 0.5) is 19.4 Å². The number of aromatic nitrogens is 4. The molecule has 6 rings (SSSR count). The van der Waals surface area contributed by atoms with Crippen LogP contribution >= 0.6 is 0 Å². The second-order valence-corrected chi connectivity index (χ2v) is 10.6. The minimum absolute atomic E-state index is 0.117. The highest BCUT2D eigenvalue weighted by molar-refractivity contribution is 5.75. The number of aryl methyl sites for hydroxylation is 1. The third-order valence-corrected chi connectivity index (χ3v) is 8.30. The van der Waals surface area contributed by atoms with Gasteiger partial charge in [-0.3, -0.25) is 9.36 Å². The predicted molar refractivity (Wildman–Crippen MR) is 139 cm³/mol. The Morgan fingerprint density at radius 1 is 1.23 bits per heavy atom. The molecular formula is C27H35F2N7O3. The number of carbonyl (C=O) groups is 1. The first kappa shape index (κ1) is 25.8. The van der Waals surface area contributed by atoms with Gasteiger partial charge in [-0.1, -0.05) is 0 Å². The average Bonchev–Trinajstić information content (AvgIpc) is 3.55. The molecule has 1 aliphatic carbocycles. The molecule has 210 valence electrons. The second kappa shape index (κ2) is 10.6.